The summed E-state index contributed by atoms with van der Waals surface area (Å²) in [6.07, 6.45) is -1.79. The minimum absolute atomic E-state index is 0.153. The molecule has 0 saturated heterocycles. The van der Waals surface area contributed by atoms with E-state index < -0.39 is 6.36 Å². The van der Waals surface area contributed by atoms with E-state index >= 15 is 0 Å². The predicted octanol–water partition coefficient (Wildman–Crippen LogP) is 5.36. The van der Waals surface area contributed by atoms with Crippen molar-refractivity contribution in [3.8, 4) is 5.75 Å². The average Bonchev–Trinajstić information content (AvgIpc) is 2.62. The Labute approximate surface area is 183 Å². The Kier molecular flexibility index (Phi) is 6.64. The van der Waals surface area contributed by atoms with Crippen LogP contribution in [0, 0.1) is 5.41 Å². The summed E-state index contributed by atoms with van der Waals surface area (Å²) < 4.78 is 40.8. The van der Waals surface area contributed by atoms with Crippen LogP contribution >= 0.6 is 11.6 Å². The summed E-state index contributed by atoms with van der Waals surface area (Å²) in [4.78, 5) is 22.9. The molecule has 0 bridgehead atoms. The highest BCUT2D eigenvalue weighted by molar-refractivity contribution is 6.33. The lowest BCUT2D eigenvalue weighted by Gasteiger charge is -2.31. The van der Waals surface area contributed by atoms with Crippen molar-refractivity contribution < 1.29 is 22.7 Å². The van der Waals surface area contributed by atoms with Crippen molar-refractivity contribution in [3.63, 3.8) is 0 Å². The van der Waals surface area contributed by atoms with E-state index in [9.17, 15) is 18.0 Å². The van der Waals surface area contributed by atoms with Gasteiger partial charge in [-0.1, -0.05) is 32.4 Å². The molecule has 2 aromatic rings. The summed E-state index contributed by atoms with van der Waals surface area (Å²) in [7, 11) is 0. The third-order valence-electron chi connectivity index (χ3n) is 4.55. The number of nitrogens with one attached hydrogen (secondary N) is 1. The standard InChI is InChI=1S/C21H24ClF3N4O2/c1-20(2,3)10-18(30)28-19-15(22)9-17-16(27-19)5-4-8-29(17)12-13-6-7-14(11-26-13)31-21(23,24)25/h6-7,9,11H,4-5,8,10,12H2,1-3H3,(H,27,28,30). The van der Waals surface area contributed by atoms with Crippen LogP contribution in [0.3, 0.4) is 0 Å². The molecule has 2 aromatic heterocycles. The van der Waals surface area contributed by atoms with Gasteiger partial charge in [0.2, 0.25) is 5.91 Å². The van der Waals surface area contributed by atoms with Crippen LogP contribution in [0.25, 0.3) is 0 Å². The summed E-state index contributed by atoms with van der Waals surface area (Å²) in [5.41, 5.74) is 2.05. The quantitative estimate of drug-likeness (QED) is 0.656. The minimum atomic E-state index is -4.75. The zero-order chi connectivity index (χ0) is 22.8. The van der Waals surface area contributed by atoms with Crippen molar-refractivity contribution in [1.82, 2.24) is 9.97 Å². The number of fused-ring (bicyclic) bond motifs is 1. The van der Waals surface area contributed by atoms with Crippen molar-refractivity contribution in [1.29, 1.82) is 0 Å². The number of hydrogen-bond donors (Lipinski definition) is 1. The van der Waals surface area contributed by atoms with E-state index in [4.69, 9.17) is 11.6 Å². The number of alkyl halides is 3. The van der Waals surface area contributed by atoms with Crippen LogP contribution in [0.15, 0.2) is 24.4 Å². The first-order chi connectivity index (χ1) is 14.4. The van der Waals surface area contributed by atoms with E-state index in [0.29, 0.717) is 29.5 Å². The molecule has 1 aliphatic rings. The van der Waals surface area contributed by atoms with Gasteiger partial charge in [-0.25, -0.2) is 4.98 Å². The molecule has 0 saturated carbocycles. The van der Waals surface area contributed by atoms with Gasteiger partial charge in [-0.2, -0.15) is 0 Å². The summed E-state index contributed by atoms with van der Waals surface area (Å²) in [6, 6.07) is 4.49. The molecule has 1 aliphatic heterocycles. The Balaban J connectivity index is 1.74. The first-order valence-electron chi connectivity index (χ1n) is 9.84. The van der Waals surface area contributed by atoms with Gasteiger partial charge in [-0.3, -0.25) is 9.78 Å². The molecule has 31 heavy (non-hydrogen) atoms. The lowest BCUT2D eigenvalue weighted by atomic mass is 9.92. The van der Waals surface area contributed by atoms with Gasteiger partial charge in [0.15, 0.2) is 5.82 Å². The molecule has 0 aromatic carbocycles. The zero-order valence-electron chi connectivity index (χ0n) is 17.5. The monoisotopic (exact) mass is 456 g/mol. The highest BCUT2D eigenvalue weighted by atomic mass is 35.5. The number of anilines is 2. The maximum Gasteiger partial charge on any atom is 0.573 e. The highest BCUT2D eigenvalue weighted by Gasteiger charge is 2.31. The van der Waals surface area contributed by atoms with Crippen molar-refractivity contribution in [2.75, 3.05) is 16.8 Å². The summed E-state index contributed by atoms with van der Waals surface area (Å²) >= 11 is 6.38. The summed E-state index contributed by atoms with van der Waals surface area (Å²) in [6.45, 7) is 7.03. The topological polar surface area (TPSA) is 67.4 Å². The van der Waals surface area contributed by atoms with Crippen molar-refractivity contribution in [3.05, 3.63) is 40.8 Å². The van der Waals surface area contributed by atoms with Gasteiger partial charge in [0.05, 0.1) is 34.8 Å². The second kappa shape index (κ2) is 8.90. The Bertz CT molecular complexity index is 943. The van der Waals surface area contributed by atoms with Crippen LogP contribution in [-0.2, 0) is 17.8 Å². The van der Waals surface area contributed by atoms with E-state index in [1.54, 1.807) is 6.07 Å². The smallest absolute Gasteiger partial charge is 0.404 e. The van der Waals surface area contributed by atoms with Crippen LogP contribution in [0.4, 0.5) is 24.7 Å². The van der Waals surface area contributed by atoms with Crippen molar-refractivity contribution in [2.24, 2.45) is 5.41 Å². The molecule has 1 amide bonds. The molecule has 0 aliphatic carbocycles. The van der Waals surface area contributed by atoms with E-state index in [0.717, 1.165) is 37.0 Å². The molecule has 3 heterocycles. The molecule has 3 rings (SSSR count). The molecule has 1 N–H and O–H groups in total. The van der Waals surface area contributed by atoms with Gasteiger partial charge < -0.3 is 15.0 Å². The normalized spacial score (nSPS) is 14.2. The third kappa shape index (κ3) is 6.72. The second-order valence-corrected chi connectivity index (χ2v) is 9.04. The third-order valence-corrected chi connectivity index (χ3v) is 4.84. The van der Waals surface area contributed by atoms with Gasteiger partial charge >= 0.3 is 6.36 Å². The van der Waals surface area contributed by atoms with Crippen LogP contribution in [0.1, 0.15) is 45.0 Å². The van der Waals surface area contributed by atoms with Crippen LogP contribution in [-0.4, -0.2) is 28.8 Å². The number of halogens is 4. The van der Waals surface area contributed by atoms with Crippen LogP contribution in [0.5, 0.6) is 5.75 Å². The van der Waals surface area contributed by atoms with Crippen molar-refractivity contribution in [2.45, 2.75) is 52.9 Å². The molecule has 168 valence electrons. The van der Waals surface area contributed by atoms with Crippen molar-refractivity contribution >= 4 is 29.0 Å². The van der Waals surface area contributed by atoms with E-state index in [-0.39, 0.29) is 17.1 Å². The number of aromatic nitrogens is 2. The first-order valence-corrected chi connectivity index (χ1v) is 10.2. The minimum Gasteiger partial charge on any atom is -0.404 e. The van der Waals surface area contributed by atoms with Gasteiger partial charge in [-0.15, -0.1) is 13.2 Å². The molecule has 0 radical (unpaired) electrons. The second-order valence-electron chi connectivity index (χ2n) is 8.63. The van der Waals surface area contributed by atoms with E-state index in [1.165, 1.54) is 12.1 Å². The Morgan fingerprint density at radius 2 is 2.03 bits per heavy atom. The molecule has 6 nitrogen and oxygen atoms in total. The van der Waals surface area contributed by atoms with Crippen LogP contribution < -0.4 is 15.0 Å². The maximum absolute atomic E-state index is 12.3. The van der Waals surface area contributed by atoms with Gasteiger partial charge in [0.1, 0.15) is 5.75 Å². The number of carbonyl (C=O) groups is 1. The lowest BCUT2D eigenvalue weighted by molar-refractivity contribution is -0.274. The molecular weight excluding hydrogens is 433 g/mol. The fourth-order valence-corrected chi connectivity index (χ4v) is 3.53. The average molecular weight is 457 g/mol. The maximum atomic E-state index is 12.3. The fraction of sp³-hybridized carbons (Fsp3) is 0.476. The molecule has 0 spiro atoms. The number of amides is 1. The largest absolute Gasteiger partial charge is 0.573 e. The number of carbonyl (C=O) groups excluding carboxylic acids is 1. The van der Waals surface area contributed by atoms with E-state index in [1.807, 2.05) is 25.7 Å². The fourth-order valence-electron chi connectivity index (χ4n) is 3.34. The molecule has 10 heteroatoms. The van der Waals surface area contributed by atoms with Gasteiger partial charge in [0, 0.05) is 13.0 Å². The molecule has 0 atom stereocenters. The number of ether oxygens (including phenoxy) is 1. The number of rotatable bonds is 5. The SMILES string of the molecule is CC(C)(C)CC(=O)Nc1nc2c(cc1Cl)N(Cc1ccc(OC(F)(F)F)cn1)CCC2. The Morgan fingerprint density at radius 3 is 2.65 bits per heavy atom. The number of aryl methyl sites for hydroxylation is 1. The zero-order valence-corrected chi connectivity index (χ0v) is 18.3. The van der Waals surface area contributed by atoms with Gasteiger partial charge in [0.25, 0.3) is 0 Å². The molecule has 0 fully saturated rings. The number of nitrogens with zero attached hydrogens (tertiary/aromatic N) is 3. The number of pyridine rings is 2. The first kappa shape index (κ1) is 23.1. The number of hydrogen-bond acceptors (Lipinski definition) is 5. The Morgan fingerprint density at radius 1 is 1.29 bits per heavy atom. The Hall–Kier alpha value is -2.55. The van der Waals surface area contributed by atoms with Crippen LogP contribution in [0.2, 0.25) is 5.02 Å². The van der Waals surface area contributed by atoms with Gasteiger partial charge in [-0.05, 0) is 36.5 Å². The highest BCUT2D eigenvalue weighted by Crippen LogP contribution is 2.34. The summed E-state index contributed by atoms with van der Waals surface area (Å²) in [5.74, 6) is -0.182. The lowest BCUT2D eigenvalue weighted by Crippen LogP contribution is -2.30. The predicted molar refractivity (Wildman–Crippen MR) is 112 cm³/mol. The van der Waals surface area contributed by atoms with E-state index in [2.05, 4.69) is 20.0 Å². The molecule has 0 unspecified atom stereocenters. The summed E-state index contributed by atoms with van der Waals surface area (Å²) in [5, 5.41) is 3.12. The molecular formula is C21H24ClF3N4O2.